The van der Waals surface area contributed by atoms with E-state index in [9.17, 15) is 5.11 Å². The molecule has 0 aliphatic carbocycles. The lowest BCUT2D eigenvalue weighted by molar-refractivity contribution is 0.0790. The first-order valence-corrected chi connectivity index (χ1v) is 6.54. The Labute approximate surface area is 103 Å². The summed E-state index contributed by atoms with van der Waals surface area (Å²) in [5.41, 5.74) is 1.06. The second kappa shape index (κ2) is 6.72. The second-order valence-electron chi connectivity index (χ2n) is 4.73. The molecule has 0 radical (unpaired) electrons. The van der Waals surface area contributed by atoms with Crippen LogP contribution in [0.25, 0.3) is 0 Å². The third kappa shape index (κ3) is 4.44. The summed E-state index contributed by atoms with van der Waals surface area (Å²) >= 11 is 0. The van der Waals surface area contributed by atoms with Crippen LogP contribution in [0.3, 0.4) is 0 Å². The standard InChI is InChI=1S/C14H21NO2/c16-13(8-9-14-5-3-11-17-14)7-6-12-4-1-2-10-15-12/h1-2,4,10,13-14,16H,3,5-9,11H2. The van der Waals surface area contributed by atoms with Gasteiger partial charge in [0.05, 0.1) is 12.2 Å². The van der Waals surface area contributed by atoms with Gasteiger partial charge in [0, 0.05) is 18.5 Å². The van der Waals surface area contributed by atoms with Crippen molar-refractivity contribution >= 4 is 0 Å². The molecule has 3 nitrogen and oxygen atoms in total. The van der Waals surface area contributed by atoms with Gasteiger partial charge in [0.2, 0.25) is 0 Å². The number of aryl methyl sites for hydroxylation is 1. The first-order chi connectivity index (χ1) is 8.34. The van der Waals surface area contributed by atoms with Gasteiger partial charge in [0.25, 0.3) is 0 Å². The smallest absolute Gasteiger partial charge is 0.0577 e. The number of hydrogen-bond acceptors (Lipinski definition) is 3. The Morgan fingerprint density at radius 3 is 3.06 bits per heavy atom. The molecule has 0 aromatic carbocycles. The Kier molecular flexibility index (Phi) is 4.95. The molecule has 0 saturated carbocycles. The largest absolute Gasteiger partial charge is 0.393 e. The van der Waals surface area contributed by atoms with Crippen molar-refractivity contribution in [1.29, 1.82) is 0 Å². The molecule has 2 unspecified atom stereocenters. The molecular weight excluding hydrogens is 214 g/mol. The van der Waals surface area contributed by atoms with E-state index in [0.717, 1.165) is 44.4 Å². The summed E-state index contributed by atoms with van der Waals surface area (Å²) in [6.07, 6.45) is 7.79. The van der Waals surface area contributed by atoms with E-state index in [2.05, 4.69) is 4.98 Å². The lowest BCUT2D eigenvalue weighted by atomic mass is 10.0. The monoisotopic (exact) mass is 235 g/mol. The summed E-state index contributed by atoms with van der Waals surface area (Å²) in [4.78, 5) is 4.25. The highest BCUT2D eigenvalue weighted by molar-refractivity contribution is 5.03. The van der Waals surface area contributed by atoms with E-state index in [-0.39, 0.29) is 6.10 Å². The highest BCUT2D eigenvalue weighted by atomic mass is 16.5. The van der Waals surface area contributed by atoms with Crippen molar-refractivity contribution in [2.75, 3.05) is 6.61 Å². The van der Waals surface area contributed by atoms with Crippen LogP contribution in [0.2, 0.25) is 0 Å². The molecule has 1 aromatic rings. The summed E-state index contributed by atoms with van der Waals surface area (Å²) in [6, 6.07) is 5.91. The van der Waals surface area contributed by atoms with E-state index >= 15 is 0 Å². The van der Waals surface area contributed by atoms with Gasteiger partial charge in [0.15, 0.2) is 0 Å². The minimum atomic E-state index is -0.221. The zero-order valence-electron chi connectivity index (χ0n) is 10.2. The molecule has 2 heterocycles. The van der Waals surface area contributed by atoms with E-state index in [0.29, 0.717) is 6.10 Å². The molecule has 2 rings (SSSR count). The summed E-state index contributed by atoms with van der Waals surface area (Å²) in [7, 11) is 0. The fraction of sp³-hybridized carbons (Fsp3) is 0.643. The molecular formula is C14H21NO2. The zero-order valence-corrected chi connectivity index (χ0v) is 10.2. The number of aliphatic hydroxyl groups excluding tert-OH is 1. The Balaban J connectivity index is 1.62. The van der Waals surface area contributed by atoms with Crippen LogP contribution in [-0.2, 0) is 11.2 Å². The maximum absolute atomic E-state index is 9.89. The van der Waals surface area contributed by atoms with Gasteiger partial charge >= 0.3 is 0 Å². The third-order valence-corrected chi connectivity index (χ3v) is 3.31. The zero-order chi connectivity index (χ0) is 11.9. The molecule has 1 N–H and O–H groups in total. The lowest BCUT2D eigenvalue weighted by Gasteiger charge is -2.13. The van der Waals surface area contributed by atoms with Crippen LogP contribution in [0.1, 0.15) is 37.8 Å². The van der Waals surface area contributed by atoms with Gasteiger partial charge in [-0.05, 0) is 50.7 Å². The van der Waals surface area contributed by atoms with Crippen LogP contribution >= 0.6 is 0 Å². The van der Waals surface area contributed by atoms with Gasteiger partial charge in [-0.2, -0.15) is 0 Å². The Morgan fingerprint density at radius 1 is 1.41 bits per heavy atom. The summed E-state index contributed by atoms with van der Waals surface area (Å²) in [5, 5.41) is 9.89. The van der Waals surface area contributed by atoms with Crippen LogP contribution in [0.15, 0.2) is 24.4 Å². The first-order valence-electron chi connectivity index (χ1n) is 6.54. The summed E-state index contributed by atoms with van der Waals surface area (Å²) in [5.74, 6) is 0. The van der Waals surface area contributed by atoms with Crippen LogP contribution in [0, 0.1) is 0 Å². The normalized spacial score (nSPS) is 21.6. The highest BCUT2D eigenvalue weighted by Crippen LogP contribution is 2.18. The number of rotatable bonds is 6. The summed E-state index contributed by atoms with van der Waals surface area (Å²) in [6.45, 7) is 0.898. The number of ether oxygens (including phenoxy) is 1. The molecule has 3 heteroatoms. The SMILES string of the molecule is OC(CCc1ccccn1)CCC1CCCO1. The quantitative estimate of drug-likeness (QED) is 0.823. The predicted molar refractivity (Wildman–Crippen MR) is 66.8 cm³/mol. The Hall–Kier alpha value is -0.930. The Bertz CT molecular complexity index is 309. The average molecular weight is 235 g/mol. The number of hydrogen-bond donors (Lipinski definition) is 1. The fourth-order valence-electron chi connectivity index (χ4n) is 2.26. The van der Waals surface area contributed by atoms with Gasteiger partial charge in [0.1, 0.15) is 0 Å². The molecule has 1 saturated heterocycles. The first kappa shape index (κ1) is 12.5. The minimum absolute atomic E-state index is 0.221. The fourth-order valence-corrected chi connectivity index (χ4v) is 2.26. The average Bonchev–Trinajstić information content (AvgIpc) is 2.88. The van der Waals surface area contributed by atoms with Crippen molar-refractivity contribution in [2.24, 2.45) is 0 Å². The van der Waals surface area contributed by atoms with Gasteiger partial charge in [-0.3, -0.25) is 4.98 Å². The second-order valence-corrected chi connectivity index (χ2v) is 4.73. The molecule has 94 valence electrons. The van der Waals surface area contributed by atoms with Gasteiger partial charge in [-0.1, -0.05) is 6.07 Å². The maximum atomic E-state index is 9.89. The molecule has 17 heavy (non-hydrogen) atoms. The molecule has 1 aliphatic rings. The summed E-state index contributed by atoms with van der Waals surface area (Å²) < 4.78 is 5.54. The number of nitrogens with zero attached hydrogens (tertiary/aromatic N) is 1. The minimum Gasteiger partial charge on any atom is -0.393 e. The molecule has 0 spiro atoms. The van der Waals surface area contributed by atoms with Crippen LogP contribution in [-0.4, -0.2) is 28.9 Å². The van der Waals surface area contributed by atoms with Crippen LogP contribution < -0.4 is 0 Å². The van der Waals surface area contributed by atoms with E-state index in [1.54, 1.807) is 6.20 Å². The van der Waals surface area contributed by atoms with E-state index < -0.39 is 0 Å². The van der Waals surface area contributed by atoms with E-state index in [1.807, 2.05) is 18.2 Å². The van der Waals surface area contributed by atoms with E-state index in [4.69, 9.17) is 4.74 Å². The van der Waals surface area contributed by atoms with Crippen LogP contribution in [0.4, 0.5) is 0 Å². The van der Waals surface area contributed by atoms with Crippen molar-refractivity contribution in [1.82, 2.24) is 4.98 Å². The third-order valence-electron chi connectivity index (χ3n) is 3.31. The van der Waals surface area contributed by atoms with Gasteiger partial charge in [-0.15, -0.1) is 0 Å². The predicted octanol–water partition coefficient (Wildman–Crippen LogP) is 2.33. The maximum Gasteiger partial charge on any atom is 0.0577 e. The number of aliphatic hydroxyl groups is 1. The molecule has 0 bridgehead atoms. The van der Waals surface area contributed by atoms with E-state index in [1.165, 1.54) is 6.42 Å². The van der Waals surface area contributed by atoms with Crippen molar-refractivity contribution < 1.29 is 9.84 Å². The molecule has 2 atom stereocenters. The van der Waals surface area contributed by atoms with Crippen molar-refractivity contribution in [3.05, 3.63) is 30.1 Å². The van der Waals surface area contributed by atoms with Gasteiger partial charge < -0.3 is 9.84 Å². The molecule has 1 aromatic heterocycles. The van der Waals surface area contributed by atoms with Crippen molar-refractivity contribution in [2.45, 2.75) is 50.7 Å². The molecule has 1 aliphatic heterocycles. The topological polar surface area (TPSA) is 42.4 Å². The highest BCUT2D eigenvalue weighted by Gasteiger charge is 2.16. The Morgan fingerprint density at radius 2 is 2.35 bits per heavy atom. The number of pyridine rings is 1. The lowest BCUT2D eigenvalue weighted by Crippen LogP contribution is -2.13. The van der Waals surface area contributed by atoms with Crippen molar-refractivity contribution in [3.8, 4) is 0 Å². The molecule has 0 amide bonds. The molecule has 1 fully saturated rings. The van der Waals surface area contributed by atoms with Gasteiger partial charge in [-0.25, -0.2) is 0 Å². The van der Waals surface area contributed by atoms with Crippen molar-refractivity contribution in [3.63, 3.8) is 0 Å². The van der Waals surface area contributed by atoms with Crippen LogP contribution in [0.5, 0.6) is 0 Å². The number of aromatic nitrogens is 1.